The van der Waals surface area contributed by atoms with Crippen LogP contribution in [-0.4, -0.2) is 37.1 Å². The van der Waals surface area contributed by atoms with E-state index in [4.69, 9.17) is 11.6 Å². The van der Waals surface area contributed by atoms with E-state index >= 15 is 0 Å². The van der Waals surface area contributed by atoms with Crippen LogP contribution in [0.3, 0.4) is 0 Å². The summed E-state index contributed by atoms with van der Waals surface area (Å²) in [5, 5.41) is 0.434. The van der Waals surface area contributed by atoms with Crippen LogP contribution in [0, 0.1) is 0 Å². The van der Waals surface area contributed by atoms with Crippen molar-refractivity contribution in [2.75, 3.05) is 16.4 Å². The molecule has 1 fully saturated rings. The lowest BCUT2D eigenvalue weighted by atomic mass is 10.1. The molecule has 7 heteroatoms. The highest BCUT2D eigenvalue weighted by Crippen LogP contribution is 2.45. The molecular formula is C17H14ClNO3S2. The van der Waals surface area contributed by atoms with Crippen molar-refractivity contribution in [2.45, 2.75) is 16.2 Å². The minimum Gasteiger partial charge on any atom is -0.302 e. The van der Waals surface area contributed by atoms with Crippen molar-refractivity contribution in [3.05, 3.63) is 59.1 Å². The Balaban J connectivity index is 1.81. The fraction of sp³-hybridized carbons (Fsp3) is 0.235. The minimum atomic E-state index is -3.14. The predicted octanol–water partition coefficient (Wildman–Crippen LogP) is 3.26. The number of para-hydroxylation sites is 1. The second-order valence-corrected chi connectivity index (χ2v) is 9.82. The van der Waals surface area contributed by atoms with Crippen LogP contribution < -0.4 is 4.90 Å². The van der Waals surface area contributed by atoms with Gasteiger partial charge in [-0.15, -0.1) is 11.8 Å². The van der Waals surface area contributed by atoms with Crippen LogP contribution >= 0.6 is 23.4 Å². The quantitative estimate of drug-likeness (QED) is 0.763. The average molecular weight is 380 g/mol. The van der Waals surface area contributed by atoms with Gasteiger partial charge in [0.25, 0.3) is 5.91 Å². The first-order valence-corrected chi connectivity index (χ1v) is 10.6. The SMILES string of the molecule is O=C(c1ccc(Cl)cc1)N1c2ccccc2SC2CS(=O)(=O)CC21. The van der Waals surface area contributed by atoms with Gasteiger partial charge < -0.3 is 4.90 Å². The summed E-state index contributed by atoms with van der Waals surface area (Å²) in [6.07, 6.45) is 0. The molecule has 2 aromatic rings. The number of carbonyl (C=O) groups is 1. The molecule has 0 spiro atoms. The summed E-state index contributed by atoms with van der Waals surface area (Å²) in [6, 6.07) is 13.9. The van der Waals surface area contributed by atoms with Crippen LogP contribution in [0.15, 0.2) is 53.4 Å². The number of amides is 1. The van der Waals surface area contributed by atoms with Crippen molar-refractivity contribution in [1.82, 2.24) is 0 Å². The molecule has 2 unspecified atom stereocenters. The Morgan fingerprint density at radius 1 is 1.08 bits per heavy atom. The molecule has 0 aromatic heterocycles. The Morgan fingerprint density at radius 3 is 2.54 bits per heavy atom. The van der Waals surface area contributed by atoms with E-state index in [-0.39, 0.29) is 28.7 Å². The molecule has 4 rings (SSSR count). The lowest BCUT2D eigenvalue weighted by Crippen LogP contribution is -2.48. The maximum absolute atomic E-state index is 13.1. The molecule has 1 amide bonds. The Morgan fingerprint density at radius 2 is 1.79 bits per heavy atom. The molecule has 1 saturated heterocycles. The summed E-state index contributed by atoms with van der Waals surface area (Å²) in [5.74, 6) is -0.0640. The molecule has 2 aromatic carbocycles. The third kappa shape index (κ3) is 2.72. The molecule has 2 atom stereocenters. The van der Waals surface area contributed by atoms with Crippen LogP contribution in [0.25, 0.3) is 0 Å². The van der Waals surface area contributed by atoms with Crippen molar-refractivity contribution in [3.8, 4) is 0 Å². The second kappa shape index (κ2) is 5.79. The number of anilines is 1. The topological polar surface area (TPSA) is 54.5 Å². The van der Waals surface area contributed by atoms with Crippen molar-refractivity contribution >= 4 is 44.8 Å². The zero-order valence-corrected chi connectivity index (χ0v) is 14.9. The molecule has 4 nitrogen and oxygen atoms in total. The lowest BCUT2D eigenvalue weighted by molar-refractivity contribution is 0.0978. The summed E-state index contributed by atoms with van der Waals surface area (Å²) < 4.78 is 24.3. The van der Waals surface area contributed by atoms with Gasteiger partial charge in [0.05, 0.1) is 23.2 Å². The summed E-state index contributed by atoms with van der Waals surface area (Å²) in [7, 11) is -3.14. The number of sulfone groups is 1. The summed E-state index contributed by atoms with van der Waals surface area (Å²) in [5.41, 5.74) is 1.28. The number of carbonyl (C=O) groups excluding carboxylic acids is 1. The largest absolute Gasteiger partial charge is 0.302 e. The van der Waals surface area contributed by atoms with E-state index < -0.39 is 9.84 Å². The number of rotatable bonds is 1. The third-order valence-corrected chi connectivity index (χ3v) is 7.88. The van der Waals surface area contributed by atoms with Gasteiger partial charge in [-0.2, -0.15) is 0 Å². The van der Waals surface area contributed by atoms with E-state index in [1.807, 2.05) is 24.3 Å². The third-order valence-electron chi connectivity index (χ3n) is 4.32. The molecule has 124 valence electrons. The van der Waals surface area contributed by atoms with Crippen LogP contribution in [0.5, 0.6) is 0 Å². The number of hydrogen-bond acceptors (Lipinski definition) is 4. The fourth-order valence-electron chi connectivity index (χ4n) is 3.24. The standard InChI is InChI=1S/C17H14ClNO3S2/c18-12-7-5-11(6-8-12)17(20)19-13-3-1-2-4-15(13)23-16-10-24(21,22)9-14(16)19/h1-8,14,16H,9-10H2. The number of thioether (sulfide) groups is 1. The second-order valence-electron chi connectivity index (χ2n) is 5.95. The van der Waals surface area contributed by atoms with Crippen molar-refractivity contribution in [1.29, 1.82) is 0 Å². The van der Waals surface area contributed by atoms with E-state index in [1.54, 1.807) is 40.9 Å². The van der Waals surface area contributed by atoms with Gasteiger partial charge in [-0.25, -0.2) is 8.42 Å². The Labute approximate surface area is 149 Å². The molecule has 0 radical (unpaired) electrons. The van der Waals surface area contributed by atoms with Crippen molar-refractivity contribution < 1.29 is 13.2 Å². The molecule has 0 N–H and O–H groups in total. The van der Waals surface area contributed by atoms with E-state index in [2.05, 4.69) is 0 Å². The van der Waals surface area contributed by atoms with Crippen molar-refractivity contribution in [2.24, 2.45) is 0 Å². The Bertz CT molecular complexity index is 912. The smallest absolute Gasteiger partial charge is 0.258 e. The van der Waals surface area contributed by atoms with Gasteiger partial charge in [0.1, 0.15) is 0 Å². The minimum absolute atomic E-state index is 0.0122. The number of benzene rings is 2. The van der Waals surface area contributed by atoms with Crippen LogP contribution in [0.2, 0.25) is 5.02 Å². The monoisotopic (exact) mass is 379 g/mol. The van der Waals surface area contributed by atoms with Gasteiger partial charge in [0.2, 0.25) is 0 Å². The first-order valence-electron chi connectivity index (χ1n) is 7.50. The highest BCUT2D eigenvalue weighted by atomic mass is 35.5. The van der Waals surface area contributed by atoms with E-state index in [1.165, 1.54) is 0 Å². The first kappa shape index (κ1) is 16.0. The number of hydrogen-bond donors (Lipinski definition) is 0. The van der Waals surface area contributed by atoms with Crippen LogP contribution in [0.4, 0.5) is 5.69 Å². The molecule has 0 bridgehead atoms. The first-order chi connectivity index (χ1) is 11.4. The van der Waals surface area contributed by atoms with Crippen LogP contribution in [0.1, 0.15) is 10.4 Å². The summed E-state index contributed by atoms with van der Waals surface area (Å²) >= 11 is 7.46. The average Bonchev–Trinajstić information content (AvgIpc) is 2.86. The van der Waals surface area contributed by atoms with Crippen molar-refractivity contribution in [3.63, 3.8) is 0 Å². The van der Waals surface area contributed by atoms with Gasteiger partial charge in [-0.3, -0.25) is 4.79 Å². The molecule has 2 aliphatic rings. The summed E-state index contributed by atoms with van der Waals surface area (Å²) in [4.78, 5) is 15.7. The van der Waals surface area contributed by atoms with E-state index in [0.717, 1.165) is 10.6 Å². The molecular weight excluding hydrogens is 366 g/mol. The Hall–Kier alpha value is -1.50. The zero-order valence-electron chi connectivity index (χ0n) is 12.6. The van der Waals surface area contributed by atoms with E-state index in [9.17, 15) is 13.2 Å². The number of halogens is 1. The van der Waals surface area contributed by atoms with Gasteiger partial charge in [0, 0.05) is 20.7 Å². The zero-order chi connectivity index (χ0) is 16.9. The summed E-state index contributed by atoms with van der Waals surface area (Å²) in [6.45, 7) is 0. The molecule has 0 saturated carbocycles. The normalized spacial score (nSPS) is 24.3. The molecule has 24 heavy (non-hydrogen) atoms. The molecule has 2 heterocycles. The van der Waals surface area contributed by atoms with Gasteiger partial charge in [0.15, 0.2) is 9.84 Å². The fourth-order valence-corrected chi connectivity index (χ4v) is 7.29. The highest BCUT2D eigenvalue weighted by Gasteiger charge is 2.47. The van der Waals surface area contributed by atoms with E-state index in [0.29, 0.717) is 10.6 Å². The number of nitrogens with zero attached hydrogens (tertiary/aromatic N) is 1. The molecule has 2 aliphatic heterocycles. The predicted molar refractivity (Wildman–Crippen MR) is 96.8 cm³/mol. The maximum Gasteiger partial charge on any atom is 0.258 e. The maximum atomic E-state index is 13.1. The number of fused-ring (bicyclic) bond motifs is 2. The lowest BCUT2D eigenvalue weighted by Gasteiger charge is -2.37. The Kier molecular flexibility index (Phi) is 3.86. The van der Waals surface area contributed by atoms with Gasteiger partial charge in [-0.05, 0) is 36.4 Å². The van der Waals surface area contributed by atoms with Gasteiger partial charge >= 0.3 is 0 Å². The highest BCUT2D eigenvalue weighted by molar-refractivity contribution is 8.02. The van der Waals surface area contributed by atoms with Gasteiger partial charge in [-0.1, -0.05) is 23.7 Å². The van der Waals surface area contributed by atoms with Crippen LogP contribution in [-0.2, 0) is 9.84 Å². The molecule has 0 aliphatic carbocycles.